The zero-order chi connectivity index (χ0) is 32.0. The van der Waals surface area contributed by atoms with Crippen LogP contribution in [0.1, 0.15) is 68.2 Å². The maximum absolute atomic E-state index is 14.3. The molecule has 5 aromatic carbocycles. The summed E-state index contributed by atoms with van der Waals surface area (Å²) in [6.45, 7) is 0. The Morgan fingerprint density at radius 2 is 0.479 bits per heavy atom. The SMILES string of the molecule is O=C1C2C3c4ccccc4C(c4ccccc43)C2C(=O)N1c1ccc(N2C(=O)C3C4c5ccccc5C(c5ccccc54)C3C2=O)cc1. The molecular formula is C42H28N2O4. The first-order valence-corrected chi connectivity index (χ1v) is 16.8. The van der Waals surface area contributed by atoms with E-state index in [2.05, 4.69) is 48.5 Å². The molecule has 48 heavy (non-hydrogen) atoms. The summed E-state index contributed by atoms with van der Waals surface area (Å²) >= 11 is 0. The fourth-order valence-corrected chi connectivity index (χ4v) is 10.6. The molecular weight excluding hydrogens is 596 g/mol. The second-order valence-electron chi connectivity index (χ2n) is 14.1. The van der Waals surface area contributed by atoms with Gasteiger partial charge in [-0.3, -0.25) is 19.2 Å². The molecule has 6 aliphatic carbocycles. The summed E-state index contributed by atoms with van der Waals surface area (Å²) < 4.78 is 0. The van der Waals surface area contributed by atoms with E-state index in [9.17, 15) is 19.2 Å². The Morgan fingerprint density at radius 1 is 0.292 bits per heavy atom. The average molecular weight is 625 g/mol. The molecule has 13 rings (SSSR count). The molecule has 0 spiro atoms. The summed E-state index contributed by atoms with van der Waals surface area (Å²) in [5, 5.41) is 0. The number of imide groups is 2. The Balaban J connectivity index is 0.951. The summed E-state index contributed by atoms with van der Waals surface area (Å²) in [6.07, 6.45) is 0. The van der Waals surface area contributed by atoms with Crippen LogP contribution in [-0.2, 0) is 19.2 Å². The first kappa shape index (κ1) is 26.4. The monoisotopic (exact) mass is 624 g/mol. The van der Waals surface area contributed by atoms with E-state index in [4.69, 9.17) is 0 Å². The zero-order valence-electron chi connectivity index (χ0n) is 25.7. The fourth-order valence-electron chi connectivity index (χ4n) is 10.6. The molecule has 4 atom stereocenters. The van der Waals surface area contributed by atoms with Crippen molar-refractivity contribution in [2.75, 3.05) is 9.80 Å². The fraction of sp³-hybridized carbons (Fsp3) is 0.190. The van der Waals surface area contributed by atoms with E-state index in [-0.39, 0.29) is 47.3 Å². The molecule has 230 valence electrons. The Labute approximate surface area is 276 Å². The zero-order valence-corrected chi connectivity index (χ0v) is 25.7. The van der Waals surface area contributed by atoms with E-state index in [0.717, 1.165) is 44.5 Å². The van der Waals surface area contributed by atoms with Gasteiger partial charge < -0.3 is 0 Å². The Morgan fingerprint density at radius 3 is 0.667 bits per heavy atom. The van der Waals surface area contributed by atoms with Gasteiger partial charge in [0.15, 0.2) is 0 Å². The maximum atomic E-state index is 14.3. The van der Waals surface area contributed by atoms with Crippen LogP contribution in [0, 0.1) is 23.7 Å². The molecule has 6 heteroatoms. The number of carbonyl (C=O) groups excluding carboxylic acids is 4. The minimum absolute atomic E-state index is 0.181. The molecule has 6 nitrogen and oxygen atoms in total. The lowest BCUT2D eigenvalue weighted by Crippen LogP contribution is -2.41. The van der Waals surface area contributed by atoms with Crippen LogP contribution in [-0.4, -0.2) is 23.6 Å². The molecule has 4 unspecified atom stereocenters. The average Bonchev–Trinajstić information content (AvgIpc) is 3.56. The first-order chi connectivity index (χ1) is 23.5. The summed E-state index contributed by atoms with van der Waals surface area (Å²) in [4.78, 5) is 59.7. The molecule has 2 saturated heterocycles. The van der Waals surface area contributed by atoms with Crippen molar-refractivity contribution in [3.8, 4) is 0 Å². The highest BCUT2D eigenvalue weighted by molar-refractivity contribution is 6.25. The van der Waals surface area contributed by atoms with Gasteiger partial charge in [-0.2, -0.15) is 0 Å². The molecule has 2 heterocycles. The normalized spacial score (nSPS) is 29.8. The second kappa shape index (κ2) is 9.04. The highest BCUT2D eigenvalue weighted by Crippen LogP contribution is 2.63. The van der Waals surface area contributed by atoms with E-state index < -0.39 is 23.7 Å². The van der Waals surface area contributed by atoms with Crippen LogP contribution in [0.25, 0.3) is 0 Å². The summed E-state index contributed by atoms with van der Waals surface area (Å²) in [5.41, 5.74) is 9.98. The van der Waals surface area contributed by atoms with Gasteiger partial charge in [-0.15, -0.1) is 0 Å². The van der Waals surface area contributed by atoms with Gasteiger partial charge in [0.1, 0.15) is 0 Å². The van der Waals surface area contributed by atoms with Crippen molar-refractivity contribution in [2.45, 2.75) is 23.7 Å². The quantitative estimate of drug-likeness (QED) is 0.211. The lowest BCUT2D eigenvalue weighted by atomic mass is 9.55. The van der Waals surface area contributed by atoms with Gasteiger partial charge >= 0.3 is 0 Å². The molecule has 4 bridgehead atoms. The molecule has 4 amide bonds. The number of benzene rings is 5. The molecule has 0 N–H and O–H groups in total. The van der Waals surface area contributed by atoms with Crippen molar-refractivity contribution in [1.82, 2.24) is 0 Å². The summed E-state index contributed by atoms with van der Waals surface area (Å²) in [7, 11) is 0. The number of nitrogens with zero attached hydrogens (tertiary/aromatic N) is 2. The highest BCUT2D eigenvalue weighted by atomic mass is 16.2. The Bertz CT molecular complexity index is 1920. The number of rotatable bonds is 2. The predicted molar refractivity (Wildman–Crippen MR) is 179 cm³/mol. The van der Waals surface area contributed by atoms with Crippen LogP contribution >= 0.6 is 0 Å². The number of hydrogen-bond acceptors (Lipinski definition) is 4. The first-order valence-electron chi connectivity index (χ1n) is 16.8. The molecule has 8 aliphatic rings. The largest absolute Gasteiger partial charge is 0.274 e. The summed E-state index contributed by atoms with van der Waals surface area (Å²) in [5.74, 6) is -3.39. The van der Waals surface area contributed by atoms with Gasteiger partial charge in [0.2, 0.25) is 23.6 Å². The molecule has 5 aromatic rings. The minimum atomic E-state index is -0.476. The van der Waals surface area contributed by atoms with Crippen LogP contribution in [0.5, 0.6) is 0 Å². The van der Waals surface area contributed by atoms with Gasteiger partial charge in [-0.05, 0) is 68.8 Å². The van der Waals surface area contributed by atoms with Gasteiger partial charge in [0, 0.05) is 23.7 Å². The molecule has 0 radical (unpaired) electrons. The van der Waals surface area contributed by atoms with Crippen LogP contribution in [0.15, 0.2) is 121 Å². The second-order valence-corrected chi connectivity index (χ2v) is 14.1. The maximum Gasteiger partial charge on any atom is 0.238 e. The Hall–Kier alpha value is -5.62. The minimum Gasteiger partial charge on any atom is -0.274 e. The van der Waals surface area contributed by atoms with Crippen LogP contribution in [0.3, 0.4) is 0 Å². The van der Waals surface area contributed by atoms with Gasteiger partial charge in [0.05, 0.1) is 35.0 Å². The highest BCUT2D eigenvalue weighted by Gasteiger charge is 2.63. The van der Waals surface area contributed by atoms with Crippen LogP contribution in [0.2, 0.25) is 0 Å². The van der Waals surface area contributed by atoms with Crippen molar-refractivity contribution in [2.24, 2.45) is 23.7 Å². The summed E-state index contributed by atoms with van der Waals surface area (Å²) in [6, 6.07) is 39.7. The molecule has 2 aliphatic heterocycles. The number of anilines is 2. The van der Waals surface area contributed by atoms with E-state index in [1.807, 2.05) is 48.5 Å². The van der Waals surface area contributed by atoms with Gasteiger partial charge in [0.25, 0.3) is 0 Å². The predicted octanol–water partition coefficient (Wildman–Crippen LogP) is 6.48. The third kappa shape index (κ3) is 3.00. The van der Waals surface area contributed by atoms with Crippen molar-refractivity contribution in [1.29, 1.82) is 0 Å². The molecule has 0 aromatic heterocycles. The lowest BCUT2D eigenvalue weighted by molar-refractivity contribution is -0.124. The third-order valence-corrected chi connectivity index (χ3v) is 12.3. The van der Waals surface area contributed by atoms with Gasteiger partial charge in [-0.1, -0.05) is 97.1 Å². The van der Waals surface area contributed by atoms with Crippen molar-refractivity contribution in [3.63, 3.8) is 0 Å². The standard InChI is InChI=1S/C42H28N2O4/c45-39-35-31-23-9-1-2-10-24(23)32(26-12-4-3-11-25(26)31)36(35)40(46)43(39)21-17-19-22(20-18-21)44-41(47)37-33-27-13-5-6-14-28(27)34(38(37)42(44)48)30-16-8-7-15-29(30)33/h1-20,31-38H. The van der Waals surface area contributed by atoms with E-state index >= 15 is 0 Å². The van der Waals surface area contributed by atoms with Crippen LogP contribution in [0.4, 0.5) is 11.4 Å². The van der Waals surface area contributed by atoms with E-state index in [0.29, 0.717) is 11.4 Å². The number of carbonyl (C=O) groups is 4. The van der Waals surface area contributed by atoms with Crippen molar-refractivity contribution in [3.05, 3.63) is 166 Å². The van der Waals surface area contributed by atoms with Crippen molar-refractivity contribution < 1.29 is 19.2 Å². The number of amides is 4. The van der Waals surface area contributed by atoms with Gasteiger partial charge in [-0.25, -0.2) is 9.80 Å². The smallest absolute Gasteiger partial charge is 0.238 e. The topological polar surface area (TPSA) is 74.8 Å². The third-order valence-electron chi connectivity index (χ3n) is 12.3. The Kier molecular flexibility index (Phi) is 4.98. The number of hydrogen-bond donors (Lipinski definition) is 0. The molecule has 2 fully saturated rings. The van der Waals surface area contributed by atoms with E-state index in [1.54, 1.807) is 24.3 Å². The molecule has 0 saturated carbocycles. The van der Waals surface area contributed by atoms with Crippen molar-refractivity contribution >= 4 is 35.0 Å². The lowest BCUT2D eigenvalue weighted by Gasteiger charge is -2.45. The van der Waals surface area contributed by atoms with E-state index in [1.165, 1.54) is 9.80 Å². The van der Waals surface area contributed by atoms with Crippen LogP contribution < -0.4 is 9.80 Å².